The summed E-state index contributed by atoms with van der Waals surface area (Å²) >= 11 is 0. The molecule has 108 valence electrons. The van der Waals surface area contributed by atoms with E-state index in [4.69, 9.17) is 5.73 Å². The summed E-state index contributed by atoms with van der Waals surface area (Å²) in [5.74, 6) is 0.409. The lowest BCUT2D eigenvalue weighted by molar-refractivity contribution is -0.122. The molecule has 0 aliphatic rings. The number of rotatable bonds is 6. The summed E-state index contributed by atoms with van der Waals surface area (Å²) in [4.78, 5) is 16.0. The minimum atomic E-state index is -0.0910. The van der Waals surface area contributed by atoms with Crippen molar-refractivity contribution in [2.75, 3.05) is 5.73 Å². The lowest BCUT2D eigenvalue weighted by Gasteiger charge is -2.17. The van der Waals surface area contributed by atoms with E-state index in [0.717, 1.165) is 12.1 Å². The van der Waals surface area contributed by atoms with E-state index >= 15 is 0 Å². The monoisotopic (exact) mass is 276 g/mol. The second-order valence-electron chi connectivity index (χ2n) is 4.80. The topological polar surface area (TPSA) is 90.8 Å². The van der Waals surface area contributed by atoms with Gasteiger partial charge in [0.2, 0.25) is 5.91 Å². The molecule has 20 heavy (non-hydrogen) atoms. The largest absolute Gasteiger partial charge is 0.384 e. The van der Waals surface area contributed by atoms with Gasteiger partial charge in [0.25, 0.3) is 0 Å². The third-order valence-corrected chi connectivity index (χ3v) is 3.07. The van der Waals surface area contributed by atoms with Gasteiger partial charge in [0.1, 0.15) is 12.4 Å². The van der Waals surface area contributed by atoms with Crippen LogP contribution in [0.15, 0.2) is 24.8 Å². The van der Waals surface area contributed by atoms with Crippen molar-refractivity contribution in [3.8, 4) is 0 Å². The number of nitrogens with two attached hydrogens (primary N) is 1. The van der Waals surface area contributed by atoms with Gasteiger partial charge < -0.3 is 15.6 Å². The summed E-state index contributed by atoms with van der Waals surface area (Å²) in [7, 11) is 0. The average Bonchev–Trinajstić information content (AvgIpc) is 2.99. The van der Waals surface area contributed by atoms with Crippen LogP contribution in [0.1, 0.15) is 19.0 Å². The van der Waals surface area contributed by atoms with E-state index in [2.05, 4.69) is 15.4 Å². The third-order valence-electron chi connectivity index (χ3n) is 3.07. The zero-order valence-electron chi connectivity index (χ0n) is 11.8. The summed E-state index contributed by atoms with van der Waals surface area (Å²) in [5, 5.41) is 7.16. The van der Waals surface area contributed by atoms with Gasteiger partial charge in [-0.3, -0.25) is 4.79 Å². The molecule has 0 aromatic carbocycles. The van der Waals surface area contributed by atoms with Crippen molar-refractivity contribution in [1.29, 1.82) is 0 Å². The van der Waals surface area contributed by atoms with Gasteiger partial charge in [-0.05, 0) is 13.3 Å². The van der Waals surface area contributed by atoms with Crippen LogP contribution in [0, 0.1) is 6.92 Å². The molecule has 0 aliphatic heterocycles. The Hall–Kier alpha value is -2.31. The Balaban J connectivity index is 1.90. The van der Waals surface area contributed by atoms with Crippen LogP contribution in [0.25, 0.3) is 0 Å². The first-order valence-electron chi connectivity index (χ1n) is 6.63. The quantitative estimate of drug-likeness (QED) is 0.806. The van der Waals surface area contributed by atoms with Crippen molar-refractivity contribution in [3.05, 3.63) is 30.5 Å². The number of imidazole rings is 1. The van der Waals surface area contributed by atoms with Gasteiger partial charge in [-0.15, -0.1) is 0 Å². The summed E-state index contributed by atoms with van der Waals surface area (Å²) in [6.45, 7) is 4.73. The van der Waals surface area contributed by atoms with E-state index < -0.39 is 0 Å². The summed E-state index contributed by atoms with van der Waals surface area (Å²) in [5.41, 5.74) is 6.58. The van der Waals surface area contributed by atoms with E-state index in [1.165, 1.54) is 4.68 Å². The van der Waals surface area contributed by atoms with Crippen LogP contribution in [0.4, 0.5) is 5.82 Å². The van der Waals surface area contributed by atoms with Crippen molar-refractivity contribution in [1.82, 2.24) is 24.6 Å². The fourth-order valence-corrected chi connectivity index (χ4v) is 2.03. The first-order chi connectivity index (χ1) is 9.58. The molecule has 0 radical (unpaired) electrons. The second kappa shape index (κ2) is 6.23. The van der Waals surface area contributed by atoms with E-state index in [-0.39, 0.29) is 18.5 Å². The van der Waals surface area contributed by atoms with Crippen LogP contribution in [0.2, 0.25) is 0 Å². The van der Waals surface area contributed by atoms with Crippen molar-refractivity contribution in [3.63, 3.8) is 0 Å². The van der Waals surface area contributed by atoms with E-state index in [0.29, 0.717) is 12.4 Å². The maximum Gasteiger partial charge on any atom is 0.242 e. The molecular weight excluding hydrogens is 256 g/mol. The van der Waals surface area contributed by atoms with E-state index in [1.807, 2.05) is 24.6 Å². The zero-order valence-corrected chi connectivity index (χ0v) is 11.8. The van der Waals surface area contributed by atoms with Gasteiger partial charge in [-0.2, -0.15) is 5.10 Å². The highest BCUT2D eigenvalue weighted by Gasteiger charge is 2.13. The SMILES string of the molecule is CC[C@@H](Cn1ccnc1)NC(=O)Cn1nc(C)cc1N. The number of hydrogen-bond donors (Lipinski definition) is 2. The van der Waals surface area contributed by atoms with Crippen molar-refractivity contribution >= 4 is 11.7 Å². The Morgan fingerprint density at radius 2 is 2.35 bits per heavy atom. The second-order valence-corrected chi connectivity index (χ2v) is 4.80. The van der Waals surface area contributed by atoms with E-state index in [9.17, 15) is 4.79 Å². The molecule has 0 saturated heterocycles. The van der Waals surface area contributed by atoms with Gasteiger partial charge >= 0.3 is 0 Å². The molecule has 7 nitrogen and oxygen atoms in total. The lowest BCUT2D eigenvalue weighted by Crippen LogP contribution is -2.39. The minimum Gasteiger partial charge on any atom is -0.384 e. The van der Waals surface area contributed by atoms with Crippen LogP contribution >= 0.6 is 0 Å². The standard InChI is InChI=1S/C13H20N6O/c1-3-11(7-18-5-4-15-9-18)16-13(20)8-19-12(14)6-10(2)17-19/h4-6,9,11H,3,7-8,14H2,1-2H3,(H,16,20)/t11-/m0/s1. The van der Waals surface area contributed by atoms with Crippen molar-refractivity contribution in [2.45, 2.75) is 39.4 Å². The number of hydrogen-bond acceptors (Lipinski definition) is 4. The predicted octanol–water partition coefficient (Wildman–Crippen LogP) is 0.565. The molecule has 0 unspecified atom stereocenters. The number of carbonyl (C=O) groups is 1. The Labute approximate surface area is 117 Å². The average molecular weight is 276 g/mol. The minimum absolute atomic E-state index is 0.0644. The lowest BCUT2D eigenvalue weighted by atomic mass is 10.2. The molecule has 0 bridgehead atoms. The first kappa shape index (κ1) is 14.1. The normalized spacial score (nSPS) is 12.3. The molecule has 0 spiro atoms. The van der Waals surface area contributed by atoms with Crippen LogP contribution in [0.3, 0.4) is 0 Å². The summed E-state index contributed by atoms with van der Waals surface area (Å²) in [6.07, 6.45) is 6.19. The Kier molecular flexibility index (Phi) is 4.39. The molecule has 1 atom stereocenters. The highest BCUT2D eigenvalue weighted by atomic mass is 16.2. The Morgan fingerprint density at radius 1 is 1.55 bits per heavy atom. The van der Waals surface area contributed by atoms with Gasteiger partial charge in [0.15, 0.2) is 0 Å². The highest BCUT2D eigenvalue weighted by Crippen LogP contribution is 2.05. The zero-order chi connectivity index (χ0) is 14.5. The number of aryl methyl sites for hydroxylation is 1. The van der Waals surface area contributed by atoms with Gasteiger partial charge in [-0.25, -0.2) is 9.67 Å². The number of aromatic nitrogens is 4. The maximum absolute atomic E-state index is 12.0. The fourth-order valence-electron chi connectivity index (χ4n) is 2.03. The molecule has 0 aliphatic carbocycles. The number of carbonyl (C=O) groups excluding carboxylic acids is 1. The number of amides is 1. The molecule has 2 aromatic rings. The number of nitrogen functional groups attached to an aromatic ring is 1. The van der Waals surface area contributed by atoms with Gasteiger partial charge in [-0.1, -0.05) is 6.92 Å². The number of nitrogens with zero attached hydrogens (tertiary/aromatic N) is 4. The van der Waals surface area contributed by atoms with E-state index in [1.54, 1.807) is 18.6 Å². The van der Waals surface area contributed by atoms with Gasteiger partial charge in [0, 0.05) is 31.0 Å². The Bertz CT molecular complexity index is 559. The molecular formula is C13H20N6O. The predicted molar refractivity (Wildman–Crippen MR) is 75.8 cm³/mol. The van der Waals surface area contributed by atoms with Gasteiger partial charge in [0.05, 0.1) is 12.0 Å². The van der Waals surface area contributed by atoms with Crippen molar-refractivity contribution in [2.24, 2.45) is 0 Å². The maximum atomic E-state index is 12.0. The molecule has 2 rings (SSSR count). The molecule has 1 amide bonds. The molecule has 2 aromatic heterocycles. The third kappa shape index (κ3) is 3.59. The summed E-state index contributed by atoms with van der Waals surface area (Å²) < 4.78 is 3.45. The summed E-state index contributed by atoms with van der Waals surface area (Å²) in [6, 6.07) is 1.81. The molecule has 3 N–H and O–H groups in total. The van der Waals surface area contributed by atoms with Crippen molar-refractivity contribution < 1.29 is 4.79 Å². The molecule has 2 heterocycles. The number of nitrogens with one attached hydrogen (secondary N) is 1. The first-order valence-corrected chi connectivity index (χ1v) is 6.63. The number of anilines is 1. The highest BCUT2D eigenvalue weighted by molar-refractivity contribution is 5.76. The smallest absolute Gasteiger partial charge is 0.242 e. The molecule has 0 fully saturated rings. The van der Waals surface area contributed by atoms with Crippen LogP contribution in [-0.4, -0.2) is 31.3 Å². The fraction of sp³-hybridized carbons (Fsp3) is 0.462. The van der Waals surface area contributed by atoms with Crippen LogP contribution < -0.4 is 11.1 Å². The van der Waals surface area contributed by atoms with Crippen LogP contribution in [-0.2, 0) is 17.9 Å². The van der Waals surface area contributed by atoms with Crippen LogP contribution in [0.5, 0.6) is 0 Å². The Morgan fingerprint density at radius 3 is 2.90 bits per heavy atom. The molecule has 7 heteroatoms. The molecule has 0 saturated carbocycles.